The Morgan fingerprint density at radius 3 is 2.76 bits per heavy atom. The summed E-state index contributed by atoms with van der Waals surface area (Å²) >= 11 is 6.86. The Balaban J connectivity index is 2.11. The molecule has 25 heavy (non-hydrogen) atoms. The van der Waals surface area contributed by atoms with Gasteiger partial charge in [0.2, 0.25) is 0 Å². The maximum absolute atomic E-state index is 12.1. The first kappa shape index (κ1) is 18.3. The Labute approximate surface area is 155 Å². The highest BCUT2D eigenvalue weighted by atomic mass is 35.5. The SMILES string of the molecule is COc1ccc(OC)c(N2C(=NC(=O)CCl)S[C@@H]3CS(=O)(=O)C[C@H]32)c1. The van der Waals surface area contributed by atoms with E-state index in [1.807, 2.05) is 0 Å². The van der Waals surface area contributed by atoms with Crippen molar-refractivity contribution < 1.29 is 22.7 Å². The minimum Gasteiger partial charge on any atom is -0.497 e. The van der Waals surface area contributed by atoms with Gasteiger partial charge in [0.05, 0.1) is 37.5 Å². The number of rotatable bonds is 4. The van der Waals surface area contributed by atoms with Crippen LogP contribution in [0.2, 0.25) is 0 Å². The largest absolute Gasteiger partial charge is 0.497 e. The average Bonchev–Trinajstić information content (AvgIpc) is 3.04. The number of aliphatic imine (C=N–C) groups is 1. The van der Waals surface area contributed by atoms with Crippen molar-refractivity contribution in [3.8, 4) is 11.5 Å². The number of anilines is 1. The van der Waals surface area contributed by atoms with Crippen LogP contribution in [0.3, 0.4) is 0 Å². The molecule has 2 aliphatic heterocycles. The first-order valence-corrected chi connectivity index (χ1v) is 10.7. The van der Waals surface area contributed by atoms with Crippen LogP contribution in [0.4, 0.5) is 5.69 Å². The number of nitrogens with zero attached hydrogens (tertiary/aromatic N) is 2. The lowest BCUT2D eigenvalue weighted by Gasteiger charge is -2.26. The van der Waals surface area contributed by atoms with E-state index < -0.39 is 15.7 Å². The van der Waals surface area contributed by atoms with Gasteiger partial charge in [-0.1, -0.05) is 11.8 Å². The molecule has 0 aromatic heterocycles. The van der Waals surface area contributed by atoms with E-state index in [1.54, 1.807) is 30.2 Å². The van der Waals surface area contributed by atoms with E-state index in [4.69, 9.17) is 21.1 Å². The minimum absolute atomic E-state index is 0.000877. The zero-order valence-corrected chi connectivity index (χ0v) is 16.0. The topological polar surface area (TPSA) is 85.3 Å². The molecule has 2 fully saturated rings. The van der Waals surface area contributed by atoms with E-state index in [2.05, 4.69) is 4.99 Å². The molecular weight excluding hydrogens is 388 g/mol. The molecule has 1 amide bonds. The third-order valence-corrected chi connectivity index (χ3v) is 7.49. The number of carbonyl (C=O) groups excluding carboxylic acids is 1. The molecule has 1 aromatic carbocycles. The normalized spacial score (nSPS) is 25.9. The summed E-state index contributed by atoms with van der Waals surface area (Å²) in [4.78, 5) is 17.5. The first-order valence-electron chi connectivity index (χ1n) is 7.44. The Morgan fingerprint density at radius 2 is 2.12 bits per heavy atom. The van der Waals surface area contributed by atoms with Crippen LogP contribution in [-0.2, 0) is 14.6 Å². The third kappa shape index (κ3) is 3.58. The van der Waals surface area contributed by atoms with Crippen molar-refractivity contribution in [3.63, 3.8) is 0 Å². The number of alkyl halides is 1. The molecule has 0 spiro atoms. The molecule has 3 rings (SSSR count). The Hall–Kier alpha value is -1.45. The van der Waals surface area contributed by atoms with Crippen molar-refractivity contribution in [1.29, 1.82) is 0 Å². The summed E-state index contributed by atoms with van der Waals surface area (Å²) in [5, 5.41) is 0.241. The molecule has 1 aromatic rings. The van der Waals surface area contributed by atoms with Crippen molar-refractivity contribution in [3.05, 3.63) is 18.2 Å². The van der Waals surface area contributed by atoms with Gasteiger partial charge in [-0.2, -0.15) is 4.99 Å². The van der Waals surface area contributed by atoms with Crippen LogP contribution in [0, 0.1) is 0 Å². The zero-order chi connectivity index (χ0) is 18.2. The average molecular weight is 405 g/mol. The summed E-state index contributed by atoms with van der Waals surface area (Å²) in [5.74, 6) is 0.475. The summed E-state index contributed by atoms with van der Waals surface area (Å²) in [7, 11) is -0.0729. The highest BCUT2D eigenvalue weighted by molar-refractivity contribution is 8.16. The number of halogens is 1. The number of benzene rings is 1. The van der Waals surface area contributed by atoms with E-state index in [-0.39, 0.29) is 28.7 Å². The van der Waals surface area contributed by atoms with Gasteiger partial charge < -0.3 is 14.4 Å². The number of hydrogen-bond donors (Lipinski definition) is 0. The lowest BCUT2D eigenvalue weighted by atomic mass is 10.2. The molecule has 2 saturated heterocycles. The van der Waals surface area contributed by atoms with Crippen molar-refractivity contribution in [2.24, 2.45) is 4.99 Å². The molecule has 2 atom stereocenters. The van der Waals surface area contributed by atoms with Crippen LogP contribution >= 0.6 is 23.4 Å². The number of sulfone groups is 1. The monoisotopic (exact) mass is 404 g/mol. The number of ether oxygens (including phenoxy) is 2. The van der Waals surface area contributed by atoms with Crippen molar-refractivity contribution in [1.82, 2.24) is 0 Å². The van der Waals surface area contributed by atoms with E-state index in [9.17, 15) is 13.2 Å². The highest BCUT2D eigenvalue weighted by Gasteiger charge is 2.50. The summed E-state index contributed by atoms with van der Waals surface area (Å²) in [6.45, 7) is 0. The van der Waals surface area contributed by atoms with E-state index in [1.165, 1.54) is 18.9 Å². The number of methoxy groups -OCH3 is 2. The summed E-state index contributed by atoms with van der Waals surface area (Å²) in [6, 6.07) is 4.90. The molecule has 7 nitrogen and oxygen atoms in total. The Kier molecular flexibility index (Phi) is 5.17. The maximum Gasteiger partial charge on any atom is 0.262 e. The number of amidine groups is 1. The summed E-state index contributed by atoms with van der Waals surface area (Å²) in [5.41, 5.74) is 0.611. The predicted octanol–water partition coefficient (Wildman–Crippen LogP) is 1.54. The Morgan fingerprint density at radius 1 is 1.36 bits per heavy atom. The van der Waals surface area contributed by atoms with E-state index >= 15 is 0 Å². The molecule has 10 heteroatoms. The second kappa shape index (κ2) is 7.05. The van der Waals surface area contributed by atoms with Crippen molar-refractivity contribution in [2.45, 2.75) is 11.3 Å². The van der Waals surface area contributed by atoms with Crippen LogP contribution in [-0.4, -0.2) is 62.4 Å². The number of fused-ring (bicyclic) bond motifs is 1. The molecule has 2 aliphatic rings. The predicted molar refractivity (Wildman–Crippen MR) is 99.0 cm³/mol. The summed E-state index contributed by atoms with van der Waals surface area (Å²) < 4.78 is 34.8. The second-order valence-electron chi connectivity index (χ2n) is 5.63. The van der Waals surface area contributed by atoms with Gasteiger partial charge in [-0.05, 0) is 12.1 Å². The molecule has 0 radical (unpaired) electrons. The van der Waals surface area contributed by atoms with Crippen molar-refractivity contribution in [2.75, 3.05) is 36.5 Å². The minimum atomic E-state index is -3.14. The lowest BCUT2D eigenvalue weighted by molar-refractivity contribution is -0.115. The molecule has 0 saturated carbocycles. The third-order valence-electron chi connectivity index (χ3n) is 4.05. The standard InChI is InChI=1S/C15H17ClN2O5S2/c1-22-9-3-4-12(23-2)10(5-9)18-11-7-25(20,21)8-13(11)24-15(18)17-14(19)6-16/h3-5,11,13H,6-8H2,1-2H3/t11-,13-/m1/s1. The molecule has 2 heterocycles. The van der Waals surface area contributed by atoms with Gasteiger partial charge in [0.1, 0.15) is 17.4 Å². The number of amides is 1. The maximum atomic E-state index is 12.1. The van der Waals surface area contributed by atoms with Gasteiger partial charge >= 0.3 is 0 Å². The van der Waals surface area contributed by atoms with Crippen LogP contribution in [0.5, 0.6) is 11.5 Å². The quantitative estimate of drug-likeness (QED) is 0.703. The van der Waals surface area contributed by atoms with Crippen LogP contribution in [0.25, 0.3) is 0 Å². The Bertz CT molecular complexity index is 827. The lowest BCUT2D eigenvalue weighted by Crippen LogP contribution is -2.38. The molecule has 0 aliphatic carbocycles. The number of hydrogen-bond acceptors (Lipinski definition) is 6. The molecule has 136 valence electrons. The molecule has 0 N–H and O–H groups in total. The smallest absolute Gasteiger partial charge is 0.262 e. The fraction of sp³-hybridized carbons (Fsp3) is 0.467. The van der Waals surface area contributed by atoms with Gasteiger partial charge in [0.25, 0.3) is 5.91 Å². The van der Waals surface area contributed by atoms with Crippen LogP contribution < -0.4 is 14.4 Å². The van der Waals surface area contributed by atoms with Gasteiger partial charge in [-0.3, -0.25) is 4.79 Å². The second-order valence-corrected chi connectivity index (χ2v) is 9.26. The summed E-state index contributed by atoms with van der Waals surface area (Å²) in [6.07, 6.45) is 0. The number of carbonyl (C=O) groups is 1. The van der Waals surface area contributed by atoms with E-state index in [0.29, 0.717) is 22.4 Å². The molecule has 0 bridgehead atoms. The van der Waals surface area contributed by atoms with Crippen LogP contribution in [0.15, 0.2) is 23.2 Å². The molecular formula is C15H17ClN2O5S2. The first-order chi connectivity index (χ1) is 11.9. The van der Waals surface area contributed by atoms with Gasteiger partial charge in [0.15, 0.2) is 15.0 Å². The number of thioether (sulfide) groups is 1. The fourth-order valence-electron chi connectivity index (χ4n) is 2.97. The van der Waals surface area contributed by atoms with Gasteiger partial charge in [0, 0.05) is 11.3 Å². The van der Waals surface area contributed by atoms with Crippen LogP contribution in [0.1, 0.15) is 0 Å². The fourth-order valence-corrected chi connectivity index (χ4v) is 6.95. The van der Waals surface area contributed by atoms with E-state index in [0.717, 1.165) is 0 Å². The van der Waals surface area contributed by atoms with Gasteiger partial charge in [-0.25, -0.2) is 8.42 Å². The zero-order valence-electron chi connectivity index (χ0n) is 13.6. The van der Waals surface area contributed by atoms with Gasteiger partial charge in [-0.15, -0.1) is 11.6 Å². The highest BCUT2D eigenvalue weighted by Crippen LogP contribution is 2.44. The van der Waals surface area contributed by atoms with Crippen molar-refractivity contribution >= 4 is 50.0 Å². The molecule has 0 unspecified atom stereocenters.